The van der Waals surface area contributed by atoms with E-state index in [-0.39, 0.29) is 11.3 Å². The molecular weight excluding hydrogens is 428 g/mol. The van der Waals surface area contributed by atoms with Gasteiger partial charge in [0.1, 0.15) is 17.6 Å². The van der Waals surface area contributed by atoms with Crippen LogP contribution in [0.1, 0.15) is 49.6 Å². The molecule has 3 aromatic rings. The zero-order valence-electron chi connectivity index (χ0n) is 19.4. The van der Waals surface area contributed by atoms with Crippen molar-refractivity contribution in [1.82, 2.24) is 4.98 Å². The predicted octanol–water partition coefficient (Wildman–Crippen LogP) is 5.45. The van der Waals surface area contributed by atoms with Crippen LogP contribution in [-0.4, -0.2) is 28.4 Å². The molecule has 1 atom stereocenters. The molecule has 0 saturated carbocycles. The fourth-order valence-corrected chi connectivity index (χ4v) is 4.15. The molecule has 1 N–H and O–H groups in total. The lowest BCUT2D eigenvalue weighted by atomic mass is 9.98. The van der Waals surface area contributed by atoms with Gasteiger partial charge in [-0.2, -0.15) is 0 Å². The number of pyridine rings is 1. The zero-order chi connectivity index (χ0) is 24.1. The van der Waals surface area contributed by atoms with Crippen LogP contribution in [-0.2, 0) is 16.0 Å². The second kappa shape index (κ2) is 10.3. The van der Waals surface area contributed by atoms with E-state index in [2.05, 4.69) is 11.9 Å². The number of hydrogen-bond acceptors (Lipinski definition) is 5. The van der Waals surface area contributed by atoms with Crippen LogP contribution in [0.5, 0.6) is 5.75 Å². The fraction of sp³-hybridized carbons (Fsp3) is 0.250. The van der Waals surface area contributed by atoms with E-state index in [0.717, 1.165) is 19.3 Å². The third-order valence-electron chi connectivity index (χ3n) is 5.88. The lowest BCUT2D eigenvalue weighted by Crippen LogP contribution is -2.29. The van der Waals surface area contributed by atoms with E-state index >= 15 is 0 Å². The summed E-state index contributed by atoms with van der Waals surface area (Å²) in [5, 5.41) is 11.2. The van der Waals surface area contributed by atoms with Gasteiger partial charge in [-0.25, -0.2) is 0 Å². The van der Waals surface area contributed by atoms with Crippen LogP contribution in [0.15, 0.2) is 78.5 Å². The van der Waals surface area contributed by atoms with Crippen molar-refractivity contribution in [3.63, 3.8) is 0 Å². The second-order valence-corrected chi connectivity index (χ2v) is 8.15. The average Bonchev–Trinajstić information content (AvgIpc) is 3.14. The Hall–Kier alpha value is -3.93. The van der Waals surface area contributed by atoms with Crippen LogP contribution in [0.3, 0.4) is 0 Å². The largest absolute Gasteiger partial charge is 0.507 e. The number of aryl methyl sites for hydroxylation is 1. The maximum atomic E-state index is 13.2. The van der Waals surface area contributed by atoms with Crippen molar-refractivity contribution in [3.8, 4) is 5.75 Å². The highest BCUT2D eigenvalue weighted by Crippen LogP contribution is 2.41. The number of nitrogens with zero attached hydrogens (tertiary/aromatic N) is 2. The molecule has 1 amide bonds. The van der Waals surface area contributed by atoms with Crippen molar-refractivity contribution < 1.29 is 19.4 Å². The Morgan fingerprint density at radius 3 is 2.35 bits per heavy atom. The van der Waals surface area contributed by atoms with Gasteiger partial charge in [0.15, 0.2) is 0 Å². The summed E-state index contributed by atoms with van der Waals surface area (Å²) in [5.41, 5.74) is 2.71. The Labute approximate surface area is 199 Å². The quantitative estimate of drug-likeness (QED) is 0.277. The van der Waals surface area contributed by atoms with Gasteiger partial charge in [-0.1, -0.05) is 31.5 Å². The van der Waals surface area contributed by atoms with Crippen LogP contribution < -0.4 is 9.64 Å². The van der Waals surface area contributed by atoms with Crippen molar-refractivity contribution in [3.05, 3.63) is 95.3 Å². The van der Waals surface area contributed by atoms with Gasteiger partial charge in [0, 0.05) is 17.4 Å². The molecule has 1 fully saturated rings. The first-order chi connectivity index (χ1) is 16.5. The van der Waals surface area contributed by atoms with Crippen molar-refractivity contribution >= 4 is 23.1 Å². The van der Waals surface area contributed by atoms with Crippen molar-refractivity contribution in [2.45, 2.75) is 39.2 Å². The summed E-state index contributed by atoms with van der Waals surface area (Å²) < 4.78 is 5.47. The fourth-order valence-electron chi connectivity index (χ4n) is 4.15. The molecular formula is C28H28N2O4. The van der Waals surface area contributed by atoms with Gasteiger partial charge in [0.25, 0.3) is 11.7 Å². The standard InChI is InChI=1S/C28H28N2O4/c1-3-5-8-19-10-14-21(15-11-19)30-25(23-9-6-7-18-29-23)24(27(32)28(30)33)26(31)20-12-16-22(17-13-20)34-4-2/h6-7,9-18,25,31H,3-5,8H2,1-2H3/b26-24-. The van der Waals surface area contributed by atoms with Gasteiger partial charge in [0.05, 0.1) is 17.9 Å². The molecule has 0 radical (unpaired) electrons. The van der Waals surface area contributed by atoms with E-state index in [1.807, 2.05) is 31.2 Å². The van der Waals surface area contributed by atoms with Crippen LogP contribution >= 0.6 is 0 Å². The normalized spacial score (nSPS) is 17.2. The Kier molecular flexibility index (Phi) is 7.07. The van der Waals surface area contributed by atoms with Crippen LogP contribution in [0.4, 0.5) is 5.69 Å². The predicted molar refractivity (Wildman–Crippen MR) is 132 cm³/mol. The minimum Gasteiger partial charge on any atom is -0.507 e. The molecule has 34 heavy (non-hydrogen) atoms. The second-order valence-electron chi connectivity index (χ2n) is 8.15. The van der Waals surface area contributed by atoms with Crippen molar-refractivity contribution in [2.24, 2.45) is 0 Å². The van der Waals surface area contributed by atoms with E-state index in [4.69, 9.17) is 4.74 Å². The highest BCUT2D eigenvalue weighted by Gasteiger charge is 2.47. The molecule has 1 unspecified atom stereocenters. The summed E-state index contributed by atoms with van der Waals surface area (Å²) in [4.78, 5) is 32.3. The van der Waals surface area contributed by atoms with Crippen LogP contribution in [0.2, 0.25) is 0 Å². The maximum absolute atomic E-state index is 13.2. The van der Waals surface area contributed by atoms with E-state index in [0.29, 0.717) is 29.3 Å². The van der Waals surface area contributed by atoms with Gasteiger partial charge < -0.3 is 9.84 Å². The number of hydrogen-bond donors (Lipinski definition) is 1. The molecule has 6 heteroatoms. The third-order valence-corrected chi connectivity index (χ3v) is 5.88. The van der Waals surface area contributed by atoms with Gasteiger partial charge in [-0.05, 0) is 73.9 Å². The molecule has 1 aliphatic rings. The van der Waals surface area contributed by atoms with Gasteiger partial charge in [0.2, 0.25) is 0 Å². The lowest BCUT2D eigenvalue weighted by molar-refractivity contribution is -0.132. The molecule has 1 aromatic heterocycles. The number of aliphatic hydroxyl groups is 1. The highest BCUT2D eigenvalue weighted by atomic mass is 16.5. The number of amides is 1. The van der Waals surface area contributed by atoms with E-state index in [1.165, 1.54) is 10.5 Å². The summed E-state index contributed by atoms with van der Waals surface area (Å²) in [7, 11) is 0. The van der Waals surface area contributed by atoms with Gasteiger partial charge >= 0.3 is 0 Å². The molecule has 2 aromatic carbocycles. The van der Waals surface area contributed by atoms with Gasteiger partial charge in [-0.15, -0.1) is 0 Å². The Morgan fingerprint density at radius 2 is 1.74 bits per heavy atom. The van der Waals surface area contributed by atoms with Gasteiger partial charge in [-0.3, -0.25) is 19.5 Å². The summed E-state index contributed by atoms with van der Waals surface area (Å²) in [5.74, 6) is -1.01. The molecule has 0 spiro atoms. The van der Waals surface area contributed by atoms with E-state index < -0.39 is 17.7 Å². The number of carbonyl (C=O) groups excluding carboxylic acids is 2. The average molecular weight is 457 g/mol. The van der Waals surface area contributed by atoms with E-state index in [9.17, 15) is 14.7 Å². The first-order valence-electron chi connectivity index (χ1n) is 11.6. The number of ketones is 1. The Morgan fingerprint density at radius 1 is 1.00 bits per heavy atom. The van der Waals surface area contributed by atoms with E-state index in [1.54, 1.807) is 48.7 Å². The van der Waals surface area contributed by atoms with Crippen LogP contribution in [0, 0.1) is 0 Å². The number of rotatable bonds is 8. The maximum Gasteiger partial charge on any atom is 0.300 e. The number of carbonyl (C=O) groups is 2. The minimum atomic E-state index is -0.839. The van der Waals surface area contributed by atoms with Crippen LogP contribution in [0.25, 0.3) is 5.76 Å². The number of aromatic nitrogens is 1. The molecule has 4 rings (SSSR count). The smallest absolute Gasteiger partial charge is 0.300 e. The first-order valence-corrected chi connectivity index (χ1v) is 11.6. The lowest BCUT2D eigenvalue weighted by Gasteiger charge is -2.24. The topological polar surface area (TPSA) is 79.7 Å². The molecule has 2 heterocycles. The monoisotopic (exact) mass is 456 g/mol. The summed E-state index contributed by atoms with van der Waals surface area (Å²) in [6.45, 7) is 4.55. The molecule has 0 aliphatic carbocycles. The molecule has 1 aliphatic heterocycles. The number of unbranched alkanes of at least 4 members (excludes halogenated alkanes) is 1. The third kappa shape index (κ3) is 4.57. The highest BCUT2D eigenvalue weighted by molar-refractivity contribution is 6.51. The molecule has 0 bridgehead atoms. The van der Waals surface area contributed by atoms with Crippen molar-refractivity contribution in [1.29, 1.82) is 0 Å². The molecule has 6 nitrogen and oxygen atoms in total. The minimum absolute atomic E-state index is 0.0166. The Bertz CT molecular complexity index is 1190. The van der Waals surface area contributed by atoms with Crippen molar-refractivity contribution in [2.75, 3.05) is 11.5 Å². The number of anilines is 1. The molecule has 174 valence electrons. The number of Topliss-reactive ketones (excluding diaryl/α,β-unsaturated/α-hetero) is 1. The SMILES string of the molecule is CCCCc1ccc(N2C(=O)C(=O)/C(=C(\O)c3ccc(OCC)cc3)C2c2ccccn2)cc1. The number of benzene rings is 2. The Balaban J connectivity index is 1.79. The summed E-state index contributed by atoms with van der Waals surface area (Å²) in [6, 6.07) is 18.9. The first kappa shape index (κ1) is 23.2. The number of ether oxygens (including phenoxy) is 1. The summed E-state index contributed by atoms with van der Waals surface area (Å²) >= 11 is 0. The zero-order valence-corrected chi connectivity index (χ0v) is 19.4. The number of aliphatic hydroxyl groups excluding tert-OH is 1. The molecule has 1 saturated heterocycles. The summed E-state index contributed by atoms with van der Waals surface area (Å²) in [6.07, 6.45) is 4.75.